The number of nitrogens with one attached hydrogen (secondary N) is 1. The molecule has 2 rings (SSSR count). The molecule has 0 radical (unpaired) electrons. The van der Waals surface area contributed by atoms with Crippen LogP contribution in [-0.4, -0.2) is 27.2 Å². The number of nitro benzene ring substituents is 1. The standard InChI is InChI=1S/C11H13N5O3/c1-6(12)10-13-11(15-14-10)7-3-4-9(19-2)8(5-7)16(17)18/h3-6H,12H2,1-2H3,(H,13,14,15)/t6-/m1/s1. The predicted molar refractivity (Wildman–Crippen MR) is 67.6 cm³/mol. The first kappa shape index (κ1) is 13.0. The second-order valence-electron chi connectivity index (χ2n) is 3.98. The monoisotopic (exact) mass is 263 g/mol. The number of aromatic nitrogens is 3. The van der Waals surface area contributed by atoms with Crippen molar-refractivity contribution in [3.05, 3.63) is 34.1 Å². The Morgan fingerprint density at radius 3 is 2.79 bits per heavy atom. The van der Waals surface area contributed by atoms with Gasteiger partial charge in [-0.1, -0.05) is 0 Å². The Morgan fingerprint density at radius 1 is 1.53 bits per heavy atom. The van der Waals surface area contributed by atoms with Crippen LogP contribution in [0, 0.1) is 10.1 Å². The van der Waals surface area contributed by atoms with Crippen LogP contribution < -0.4 is 10.5 Å². The lowest BCUT2D eigenvalue weighted by molar-refractivity contribution is -0.385. The number of hydrogen-bond donors (Lipinski definition) is 2. The molecule has 0 bridgehead atoms. The normalized spacial score (nSPS) is 12.2. The van der Waals surface area contributed by atoms with Gasteiger partial charge in [0.1, 0.15) is 5.82 Å². The fourth-order valence-electron chi connectivity index (χ4n) is 1.58. The van der Waals surface area contributed by atoms with E-state index in [-0.39, 0.29) is 17.5 Å². The lowest BCUT2D eigenvalue weighted by atomic mass is 10.2. The zero-order chi connectivity index (χ0) is 14.0. The summed E-state index contributed by atoms with van der Waals surface area (Å²) < 4.78 is 4.93. The molecular formula is C11H13N5O3. The molecule has 0 spiro atoms. The molecule has 0 aliphatic heterocycles. The number of nitrogens with two attached hydrogens (primary N) is 1. The molecule has 0 saturated heterocycles. The molecule has 1 aromatic heterocycles. The van der Waals surface area contributed by atoms with E-state index in [1.807, 2.05) is 0 Å². The van der Waals surface area contributed by atoms with Crippen molar-refractivity contribution in [2.24, 2.45) is 5.73 Å². The van der Waals surface area contributed by atoms with Crippen molar-refractivity contribution < 1.29 is 9.66 Å². The molecule has 3 N–H and O–H groups in total. The van der Waals surface area contributed by atoms with Crippen LogP contribution in [0.2, 0.25) is 0 Å². The molecule has 2 aromatic rings. The van der Waals surface area contributed by atoms with Crippen LogP contribution in [-0.2, 0) is 0 Å². The Bertz CT molecular complexity index is 608. The smallest absolute Gasteiger partial charge is 0.311 e. The molecule has 1 heterocycles. The minimum absolute atomic E-state index is 0.132. The summed E-state index contributed by atoms with van der Waals surface area (Å²) in [4.78, 5) is 14.6. The Balaban J connectivity index is 2.44. The SMILES string of the molecule is COc1ccc(-c2n[nH]c([C@@H](C)N)n2)cc1[N+](=O)[O-]. The number of rotatable bonds is 4. The maximum Gasteiger partial charge on any atom is 0.311 e. The number of hydrogen-bond acceptors (Lipinski definition) is 6. The van der Waals surface area contributed by atoms with Crippen LogP contribution in [0.3, 0.4) is 0 Å². The molecule has 0 amide bonds. The van der Waals surface area contributed by atoms with Crippen molar-refractivity contribution >= 4 is 5.69 Å². The molecule has 19 heavy (non-hydrogen) atoms. The first-order chi connectivity index (χ1) is 9.02. The molecule has 100 valence electrons. The number of benzene rings is 1. The van der Waals surface area contributed by atoms with E-state index in [1.165, 1.54) is 19.2 Å². The van der Waals surface area contributed by atoms with E-state index in [4.69, 9.17) is 10.5 Å². The third-order valence-electron chi connectivity index (χ3n) is 2.57. The Labute approximate surface area is 108 Å². The molecule has 8 nitrogen and oxygen atoms in total. The van der Waals surface area contributed by atoms with E-state index in [1.54, 1.807) is 13.0 Å². The van der Waals surface area contributed by atoms with Crippen LogP contribution >= 0.6 is 0 Å². The van der Waals surface area contributed by atoms with Gasteiger partial charge in [0.2, 0.25) is 0 Å². The fourth-order valence-corrected chi connectivity index (χ4v) is 1.58. The summed E-state index contributed by atoms with van der Waals surface area (Å²) in [6, 6.07) is 4.25. The van der Waals surface area contributed by atoms with Gasteiger partial charge >= 0.3 is 5.69 Å². The van der Waals surface area contributed by atoms with Crippen LogP contribution in [0.15, 0.2) is 18.2 Å². The van der Waals surface area contributed by atoms with Gasteiger partial charge in [-0.25, -0.2) is 4.98 Å². The van der Waals surface area contributed by atoms with Crippen molar-refractivity contribution in [2.75, 3.05) is 7.11 Å². The number of nitrogens with zero attached hydrogens (tertiary/aromatic N) is 3. The summed E-state index contributed by atoms with van der Waals surface area (Å²) in [5, 5.41) is 17.6. The Kier molecular flexibility index (Phi) is 3.43. The highest BCUT2D eigenvalue weighted by atomic mass is 16.6. The van der Waals surface area contributed by atoms with Crippen molar-refractivity contribution in [3.63, 3.8) is 0 Å². The minimum Gasteiger partial charge on any atom is -0.490 e. The number of H-pyrrole nitrogens is 1. The maximum absolute atomic E-state index is 10.9. The second-order valence-corrected chi connectivity index (χ2v) is 3.98. The molecular weight excluding hydrogens is 250 g/mol. The summed E-state index contributed by atoms with van der Waals surface area (Å²) in [5.74, 6) is 1.07. The summed E-state index contributed by atoms with van der Waals surface area (Å²) >= 11 is 0. The maximum atomic E-state index is 10.9. The molecule has 0 unspecified atom stereocenters. The number of nitro groups is 1. The Morgan fingerprint density at radius 2 is 2.26 bits per heavy atom. The number of aromatic amines is 1. The van der Waals surface area contributed by atoms with Crippen molar-refractivity contribution in [1.29, 1.82) is 0 Å². The molecule has 0 aliphatic carbocycles. The zero-order valence-electron chi connectivity index (χ0n) is 10.5. The highest BCUT2D eigenvalue weighted by Crippen LogP contribution is 2.30. The molecule has 1 atom stereocenters. The van der Waals surface area contributed by atoms with Crippen molar-refractivity contribution in [2.45, 2.75) is 13.0 Å². The van der Waals surface area contributed by atoms with Crippen molar-refractivity contribution in [1.82, 2.24) is 15.2 Å². The molecule has 0 aliphatic rings. The largest absolute Gasteiger partial charge is 0.490 e. The van der Waals surface area contributed by atoms with E-state index >= 15 is 0 Å². The van der Waals surface area contributed by atoms with Crippen LogP contribution in [0.4, 0.5) is 5.69 Å². The van der Waals surface area contributed by atoms with E-state index < -0.39 is 4.92 Å². The topological polar surface area (TPSA) is 120 Å². The predicted octanol–water partition coefficient (Wildman–Crippen LogP) is 1.41. The lowest BCUT2D eigenvalue weighted by Gasteiger charge is -2.02. The van der Waals surface area contributed by atoms with Gasteiger partial charge < -0.3 is 10.5 Å². The van der Waals surface area contributed by atoms with Gasteiger partial charge in [0, 0.05) is 11.6 Å². The molecule has 0 saturated carbocycles. The fraction of sp³-hybridized carbons (Fsp3) is 0.273. The highest BCUT2D eigenvalue weighted by molar-refractivity contribution is 5.63. The summed E-state index contributed by atoms with van der Waals surface area (Å²) in [5.41, 5.74) is 6.06. The van der Waals surface area contributed by atoms with Crippen LogP contribution in [0.5, 0.6) is 5.75 Å². The Hall–Kier alpha value is -2.48. The minimum atomic E-state index is -0.512. The van der Waals surface area contributed by atoms with Gasteiger partial charge in [-0.3, -0.25) is 15.2 Å². The average molecular weight is 263 g/mol. The summed E-state index contributed by atoms with van der Waals surface area (Å²) in [6.45, 7) is 1.76. The second kappa shape index (κ2) is 5.02. The molecule has 8 heteroatoms. The number of methoxy groups -OCH3 is 1. The van der Waals surface area contributed by atoms with E-state index in [0.29, 0.717) is 17.2 Å². The van der Waals surface area contributed by atoms with Gasteiger partial charge in [0.25, 0.3) is 0 Å². The average Bonchev–Trinajstić information content (AvgIpc) is 2.87. The van der Waals surface area contributed by atoms with E-state index in [0.717, 1.165) is 0 Å². The third kappa shape index (κ3) is 2.52. The van der Waals surface area contributed by atoms with Gasteiger partial charge in [-0.05, 0) is 19.1 Å². The summed E-state index contributed by atoms with van der Waals surface area (Å²) in [7, 11) is 1.38. The van der Waals surface area contributed by atoms with Gasteiger partial charge in [0.05, 0.1) is 18.1 Å². The van der Waals surface area contributed by atoms with Crippen LogP contribution in [0.25, 0.3) is 11.4 Å². The third-order valence-corrected chi connectivity index (χ3v) is 2.57. The molecule has 1 aromatic carbocycles. The van der Waals surface area contributed by atoms with Crippen molar-refractivity contribution in [3.8, 4) is 17.1 Å². The van der Waals surface area contributed by atoms with Crippen LogP contribution in [0.1, 0.15) is 18.8 Å². The van der Waals surface area contributed by atoms with Gasteiger partial charge in [0.15, 0.2) is 11.6 Å². The summed E-state index contributed by atoms with van der Waals surface area (Å²) in [6.07, 6.45) is 0. The quantitative estimate of drug-likeness (QED) is 0.635. The lowest BCUT2D eigenvalue weighted by Crippen LogP contribution is -2.06. The van der Waals surface area contributed by atoms with Gasteiger partial charge in [-0.15, -0.1) is 0 Å². The zero-order valence-corrected chi connectivity index (χ0v) is 10.5. The number of ether oxygens (including phenoxy) is 1. The van der Waals surface area contributed by atoms with Gasteiger partial charge in [-0.2, -0.15) is 5.10 Å². The highest BCUT2D eigenvalue weighted by Gasteiger charge is 2.18. The van der Waals surface area contributed by atoms with E-state index in [9.17, 15) is 10.1 Å². The first-order valence-electron chi connectivity index (χ1n) is 5.53. The van der Waals surface area contributed by atoms with E-state index in [2.05, 4.69) is 15.2 Å². The molecule has 0 fully saturated rings. The first-order valence-corrected chi connectivity index (χ1v) is 5.53.